The van der Waals surface area contributed by atoms with Crippen LogP contribution in [0.25, 0.3) is 0 Å². The average Bonchev–Trinajstić information content (AvgIpc) is 3.35. The molecule has 2 aliphatic carbocycles. The minimum absolute atomic E-state index is 0.294. The van der Waals surface area contributed by atoms with Crippen molar-refractivity contribution in [2.45, 2.75) is 38.0 Å². The van der Waals surface area contributed by atoms with E-state index in [1.165, 1.54) is 34.0 Å². The normalized spacial score (nSPS) is 18.7. The Kier molecular flexibility index (Phi) is 5.91. The highest BCUT2D eigenvalue weighted by atomic mass is 31.1. The van der Waals surface area contributed by atoms with Gasteiger partial charge in [0.2, 0.25) is 0 Å². The second-order valence-electron chi connectivity index (χ2n) is 8.21. The summed E-state index contributed by atoms with van der Waals surface area (Å²) in [5, 5.41) is 6.46. The zero-order valence-corrected chi connectivity index (χ0v) is 18.9. The number of hydrogen-bond acceptors (Lipinski definition) is 2. The van der Waals surface area contributed by atoms with Gasteiger partial charge in [-0.1, -0.05) is 91.0 Å². The summed E-state index contributed by atoms with van der Waals surface area (Å²) in [6.45, 7) is 2.43. The Morgan fingerprint density at radius 2 is 1.52 bits per heavy atom. The first kappa shape index (κ1) is 20.1. The van der Waals surface area contributed by atoms with Crippen molar-refractivity contribution in [3.05, 3.63) is 120 Å². The summed E-state index contributed by atoms with van der Waals surface area (Å²) in [6, 6.07) is 22.5. The van der Waals surface area contributed by atoms with Crippen molar-refractivity contribution in [2.24, 2.45) is 0 Å². The second-order valence-corrected chi connectivity index (χ2v) is 10.7. The van der Waals surface area contributed by atoms with Crippen molar-refractivity contribution >= 4 is 18.5 Å². The van der Waals surface area contributed by atoms with Crippen LogP contribution in [0, 0.1) is 0 Å². The largest absolute Gasteiger partial charge is 0.360 e. The van der Waals surface area contributed by atoms with E-state index in [0.29, 0.717) is 11.8 Å². The van der Waals surface area contributed by atoms with Crippen LogP contribution in [0.15, 0.2) is 120 Å². The molecule has 1 aliphatic heterocycles. The lowest BCUT2D eigenvalue weighted by Gasteiger charge is -2.44. The number of hydrogen-bond donors (Lipinski definition) is 1. The van der Waals surface area contributed by atoms with Gasteiger partial charge in [-0.25, -0.2) is 0 Å². The number of nitrogens with one attached hydrogen (secondary N) is 1. The molecule has 0 spiro atoms. The molecule has 1 heterocycles. The molecule has 1 N–H and O–H groups in total. The number of fused-ring (bicyclic) bond motifs is 1. The highest BCUT2D eigenvalue weighted by Gasteiger charge is 2.34. The van der Waals surface area contributed by atoms with Crippen molar-refractivity contribution in [1.82, 2.24) is 10.2 Å². The van der Waals surface area contributed by atoms with Crippen LogP contribution in [0.2, 0.25) is 0 Å². The number of allylic oxidation sites excluding steroid dienone is 6. The van der Waals surface area contributed by atoms with Gasteiger partial charge in [-0.15, -0.1) is 0 Å². The fraction of sp³-hybridized carbons (Fsp3) is 0.214. The summed E-state index contributed by atoms with van der Waals surface area (Å²) >= 11 is 0. The van der Waals surface area contributed by atoms with Crippen LogP contribution < -0.4 is 15.9 Å². The lowest BCUT2D eigenvalue weighted by Crippen LogP contribution is -2.43. The third-order valence-corrected chi connectivity index (χ3v) is 9.00. The van der Waals surface area contributed by atoms with Crippen molar-refractivity contribution in [3.63, 3.8) is 0 Å². The molecular formula is C28H29N2P. The van der Waals surface area contributed by atoms with E-state index in [-0.39, 0.29) is 0 Å². The lowest BCUT2D eigenvalue weighted by atomic mass is 9.92. The number of rotatable bonds is 6. The molecule has 5 rings (SSSR count). The zero-order valence-electron chi connectivity index (χ0n) is 18.0. The quantitative estimate of drug-likeness (QED) is 0.599. The summed E-state index contributed by atoms with van der Waals surface area (Å²) < 4.78 is 0. The van der Waals surface area contributed by atoms with E-state index in [1.54, 1.807) is 0 Å². The fourth-order valence-corrected chi connectivity index (χ4v) is 7.61. The summed E-state index contributed by atoms with van der Waals surface area (Å²) in [5.74, 6) is 0.353. The van der Waals surface area contributed by atoms with Gasteiger partial charge < -0.3 is 10.2 Å². The monoisotopic (exact) mass is 424 g/mol. The first-order valence-corrected chi connectivity index (χ1v) is 12.6. The SMILES string of the molecule is CC(N(C1=C2NC=CC=C2CCC1)C1C=CC=C1)P(c1ccccc1)c1ccccc1. The molecule has 1 unspecified atom stereocenters. The molecule has 0 aromatic heterocycles. The molecule has 2 aromatic rings. The molecule has 156 valence electrons. The van der Waals surface area contributed by atoms with E-state index in [1.807, 2.05) is 0 Å². The van der Waals surface area contributed by atoms with Gasteiger partial charge in [0.15, 0.2) is 0 Å². The predicted octanol–water partition coefficient (Wildman–Crippen LogP) is 5.70. The Hall–Kier alpha value is -2.83. The van der Waals surface area contributed by atoms with E-state index >= 15 is 0 Å². The molecule has 1 atom stereocenters. The Morgan fingerprint density at radius 1 is 0.871 bits per heavy atom. The fourth-order valence-electron chi connectivity index (χ4n) is 4.92. The Bertz CT molecular complexity index is 1010. The molecule has 0 fully saturated rings. The molecule has 3 heteroatoms. The van der Waals surface area contributed by atoms with E-state index in [2.05, 4.69) is 120 Å². The summed E-state index contributed by atoms with van der Waals surface area (Å²) in [5.41, 5.74) is 4.22. The number of nitrogens with zero attached hydrogens (tertiary/aromatic N) is 1. The molecule has 0 bridgehead atoms. The highest BCUT2D eigenvalue weighted by molar-refractivity contribution is 7.73. The van der Waals surface area contributed by atoms with Crippen molar-refractivity contribution < 1.29 is 0 Å². The van der Waals surface area contributed by atoms with Gasteiger partial charge in [0.25, 0.3) is 0 Å². The maximum atomic E-state index is 3.60. The third-order valence-electron chi connectivity index (χ3n) is 6.30. The Balaban J connectivity index is 1.62. The molecule has 2 aromatic carbocycles. The van der Waals surface area contributed by atoms with Crippen LogP contribution in [0.3, 0.4) is 0 Å². The zero-order chi connectivity index (χ0) is 21.0. The van der Waals surface area contributed by atoms with Gasteiger partial charge in [-0.05, 0) is 56.4 Å². The van der Waals surface area contributed by atoms with Crippen LogP contribution in [0.1, 0.15) is 26.2 Å². The van der Waals surface area contributed by atoms with Crippen molar-refractivity contribution in [1.29, 1.82) is 0 Å². The van der Waals surface area contributed by atoms with Crippen LogP contribution in [0.5, 0.6) is 0 Å². The molecule has 0 saturated carbocycles. The van der Waals surface area contributed by atoms with Gasteiger partial charge in [0.05, 0.1) is 17.5 Å². The number of dihydropyridines is 1. The summed E-state index contributed by atoms with van der Waals surface area (Å²) in [7, 11) is -0.558. The van der Waals surface area contributed by atoms with E-state index in [4.69, 9.17) is 0 Å². The van der Waals surface area contributed by atoms with Crippen LogP contribution in [-0.2, 0) is 0 Å². The Morgan fingerprint density at radius 3 is 2.16 bits per heavy atom. The summed E-state index contributed by atoms with van der Waals surface area (Å²) in [4.78, 5) is 2.69. The lowest BCUT2D eigenvalue weighted by molar-refractivity contribution is 0.298. The highest BCUT2D eigenvalue weighted by Crippen LogP contribution is 2.46. The van der Waals surface area contributed by atoms with Gasteiger partial charge in [0, 0.05) is 11.9 Å². The molecule has 0 saturated heterocycles. The molecule has 0 amide bonds. The van der Waals surface area contributed by atoms with Gasteiger partial charge >= 0.3 is 0 Å². The molecule has 31 heavy (non-hydrogen) atoms. The molecule has 0 radical (unpaired) electrons. The molecular weight excluding hydrogens is 395 g/mol. The predicted molar refractivity (Wildman–Crippen MR) is 134 cm³/mol. The van der Waals surface area contributed by atoms with Crippen LogP contribution in [0.4, 0.5) is 0 Å². The minimum atomic E-state index is -0.558. The standard InChI is InChI=1S/C28H29N2P/c1-22(31(25-16-4-2-5-17-25)26-18-6-3-7-19-26)30(24-14-8-9-15-24)27-20-10-12-23-13-11-21-29-28(23)27/h2-9,11,13-19,21-22,24,29H,10,12,20H2,1H3. The van der Waals surface area contributed by atoms with Gasteiger partial charge in [0.1, 0.15) is 0 Å². The second kappa shape index (κ2) is 9.12. The molecule has 2 nitrogen and oxygen atoms in total. The topological polar surface area (TPSA) is 15.3 Å². The minimum Gasteiger partial charge on any atom is -0.360 e. The maximum Gasteiger partial charge on any atom is 0.0667 e. The average molecular weight is 425 g/mol. The van der Waals surface area contributed by atoms with E-state index in [9.17, 15) is 0 Å². The van der Waals surface area contributed by atoms with Gasteiger partial charge in [-0.2, -0.15) is 0 Å². The third kappa shape index (κ3) is 4.05. The van der Waals surface area contributed by atoms with E-state index < -0.39 is 7.92 Å². The first-order chi connectivity index (χ1) is 15.3. The maximum absolute atomic E-state index is 3.60. The van der Waals surface area contributed by atoms with Crippen LogP contribution >= 0.6 is 7.92 Å². The first-order valence-electron chi connectivity index (χ1n) is 11.2. The Labute approximate surface area is 187 Å². The van der Waals surface area contributed by atoms with E-state index in [0.717, 1.165) is 12.8 Å². The van der Waals surface area contributed by atoms with Crippen LogP contribution in [-0.4, -0.2) is 16.7 Å². The molecule has 3 aliphatic rings. The van der Waals surface area contributed by atoms with Gasteiger partial charge in [-0.3, -0.25) is 0 Å². The smallest absolute Gasteiger partial charge is 0.0667 e. The number of benzene rings is 2. The van der Waals surface area contributed by atoms with Crippen molar-refractivity contribution in [2.75, 3.05) is 0 Å². The van der Waals surface area contributed by atoms with Crippen molar-refractivity contribution in [3.8, 4) is 0 Å². The summed E-state index contributed by atoms with van der Waals surface area (Å²) in [6.07, 6.45) is 19.0.